The van der Waals surface area contributed by atoms with Gasteiger partial charge < -0.3 is 19.9 Å². The Labute approximate surface area is 223 Å². The number of hydrogen-bond donors (Lipinski definition) is 1. The first kappa shape index (κ1) is 26.9. The van der Waals surface area contributed by atoms with Crippen LogP contribution in [0, 0.1) is 0 Å². The molecule has 1 saturated heterocycles. The number of carbonyl (C=O) groups excluding carboxylic acids is 3. The van der Waals surface area contributed by atoms with Crippen LogP contribution >= 0.6 is 11.6 Å². The van der Waals surface area contributed by atoms with Crippen molar-refractivity contribution in [1.82, 2.24) is 15.1 Å². The fourth-order valence-electron chi connectivity index (χ4n) is 5.06. The molecule has 0 saturated carbocycles. The average Bonchev–Trinajstić information content (AvgIpc) is 3.40. The van der Waals surface area contributed by atoms with Gasteiger partial charge in [0.15, 0.2) is 0 Å². The van der Waals surface area contributed by atoms with Gasteiger partial charge in [0.2, 0.25) is 5.91 Å². The van der Waals surface area contributed by atoms with Crippen LogP contribution < -0.4 is 5.32 Å². The Bertz CT molecular complexity index is 1170. The lowest BCUT2D eigenvalue weighted by Crippen LogP contribution is -2.38. The summed E-state index contributed by atoms with van der Waals surface area (Å²) < 4.78 is 5.36. The minimum Gasteiger partial charge on any atom is -0.463 e. The van der Waals surface area contributed by atoms with Crippen molar-refractivity contribution in [2.75, 3.05) is 32.8 Å². The lowest BCUT2D eigenvalue weighted by Gasteiger charge is -2.34. The third kappa shape index (κ3) is 6.59. The molecule has 2 aromatic rings. The summed E-state index contributed by atoms with van der Waals surface area (Å²) in [6, 6.07) is 14.5. The zero-order chi connectivity index (χ0) is 26.4. The maximum absolute atomic E-state index is 13.2. The van der Waals surface area contributed by atoms with Crippen LogP contribution in [0.15, 0.2) is 59.8 Å². The molecule has 2 heterocycles. The van der Waals surface area contributed by atoms with Gasteiger partial charge in [-0.1, -0.05) is 35.9 Å². The molecular formula is C29H34ClN3O4. The van der Waals surface area contributed by atoms with Gasteiger partial charge in [0, 0.05) is 41.7 Å². The number of nitrogens with zero attached hydrogens (tertiary/aromatic N) is 2. The summed E-state index contributed by atoms with van der Waals surface area (Å²) in [6.45, 7) is 7.78. The molecule has 37 heavy (non-hydrogen) atoms. The molecule has 2 aliphatic rings. The van der Waals surface area contributed by atoms with Crippen LogP contribution in [-0.4, -0.2) is 60.4 Å². The third-order valence-electron chi connectivity index (χ3n) is 7.04. The molecular weight excluding hydrogens is 490 g/mol. The zero-order valence-corrected chi connectivity index (χ0v) is 22.2. The predicted molar refractivity (Wildman–Crippen MR) is 143 cm³/mol. The highest BCUT2D eigenvalue weighted by molar-refractivity contribution is 6.30. The molecule has 1 fully saturated rings. The lowest BCUT2D eigenvalue weighted by molar-refractivity contribution is -0.140. The van der Waals surface area contributed by atoms with Crippen molar-refractivity contribution in [3.63, 3.8) is 0 Å². The molecule has 0 aromatic heterocycles. The zero-order valence-electron chi connectivity index (χ0n) is 21.5. The van der Waals surface area contributed by atoms with Crippen molar-refractivity contribution < 1.29 is 19.1 Å². The van der Waals surface area contributed by atoms with Crippen molar-refractivity contribution in [1.29, 1.82) is 0 Å². The van der Waals surface area contributed by atoms with E-state index in [0.29, 0.717) is 34.9 Å². The number of ether oxygens (including phenoxy) is 1. The van der Waals surface area contributed by atoms with Crippen LogP contribution in [0.5, 0.6) is 0 Å². The molecule has 0 aliphatic carbocycles. The second kappa shape index (κ2) is 12.4. The molecule has 1 N–H and O–H groups in total. The second-order valence-corrected chi connectivity index (χ2v) is 9.95. The quantitative estimate of drug-likeness (QED) is 0.489. The van der Waals surface area contributed by atoms with E-state index in [1.807, 2.05) is 24.3 Å². The Morgan fingerprint density at radius 1 is 1.11 bits per heavy atom. The summed E-state index contributed by atoms with van der Waals surface area (Å²) >= 11 is 6.20. The second-order valence-electron chi connectivity index (χ2n) is 9.51. The van der Waals surface area contributed by atoms with Crippen molar-refractivity contribution in [2.24, 2.45) is 0 Å². The summed E-state index contributed by atoms with van der Waals surface area (Å²) in [5, 5.41) is 3.53. The van der Waals surface area contributed by atoms with Crippen molar-refractivity contribution >= 4 is 29.4 Å². The standard InChI is InChI=1S/C29H34ClN3O4/c1-3-37-29(36)27-20(2)33(26(34)18-25(27)23-7-6-8-24(30)17-23)19-21-9-11-22(12-10-21)28(35)31-13-16-32-14-4-5-15-32/h6-12,17,25H,3-5,13-16,18-19H2,1-2H3,(H,31,35). The molecule has 2 aliphatic heterocycles. The highest BCUT2D eigenvalue weighted by Crippen LogP contribution is 2.38. The van der Waals surface area contributed by atoms with E-state index >= 15 is 0 Å². The van der Waals surface area contributed by atoms with Crippen LogP contribution in [0.25, 0.3) is 0 Å². The summed E-state index contributed by atoms with van der Waals surface area (Å²) in [4.78, 5) is 42.7. The van der Waals surface area contributed by atoms with E-state index in [0.717, 1.165) is 30.8 Å². The number of benzene rings is 2. The molecule has 2 aromatic carbocycles. The molecule has 2 amide bonds. The van der Waals surface area contributed by atoms with E-state index in [1.54, 1.807) is 43.0 Å². The fraction of sp³-hybridized carbons (Fsp3) is 0.414. The van der Waals surface area contributed by atoms with Gasteiger partial charge in [-0.2, -0.15) is 0 Å². The van der Waals surface area contributed by atoms with Crippen molar-refractivity contribution in [3.8, 4) is 0 Å². The van der Waals surface area contributed by atoms with Gasteiger partial charge in [0.25, 0.3) is 5.91 Å². The van der Waals surface area contributed by atoms with Crippen LogP contribution in [0.2, 0.25) is 5.02 Å². The number of allylic oxidation sites excluding steroid dienone is 1. The maximum atomic E-state index is 13.2. The number of likely N-dealkylation sites (tertiary alicyclic amines) is 1. The number of nitrogens with one attached hydrogen (secondary N) is 1. The maximum Gasteiger partial charge on any atom is 0.336 e. The summed E-state index contributed by atoms with van der Waals surface area (Å²) in [7, 11) is 0. The topological polar surface area (TPSA) is 79.0 Å². The predicted octanol–water partition coefficient (Wildman–Crippen LogP) is 4.52. The molecule has 4 rings (SSSR count). The molecule has 1 atom stereocenters. The smallest absolute Gasteiger partial charge is 0.336 e. The minimum absolute atomic E-state index is 0.0840. The largest absolute Gasteiger partial charge is 0.463 e. The van der Waals surface area contributed by atoms with E-state index in [2.05, 4.69) is 10.2 Å². The van der Waals surface area contributed by atoms with E-state index < -0.39 is 11.9 Å². The van der Waals surface area contributed by atoms with Gasteiger partial charge in [-0.15, -0.1) is 0 Å². The number of carbonyl (C=O) groups is 3. The van der Waals surface area contributed by atoms with E-state index in [4.69, 9.17) is 16.3 Å². The summed E-state index contributed by atoms with van der Waals surface area (Å²) in [6.07, 6.45) is 2.60. The van der Waals surface area contributed by atoms with Gasteiger partial charge >= 0.3 is 5.97 Å². The lowest BCUT2D eigenvalue weighted by atomic mass is 9.83. The number of hydrogen-bond acceptors (Lipinski definition) is 5. The Balaban J connectivity index is 1.48. The van der Waals surface area contributed by atoms with Crippen molar-refractivity contribution in [3.05, 3.63) is 81.5 Å². The number of halogens is 1. The number of amides is 2. The van der Waals surface area contributed by atoms with Gasteiger partial charge in [0.1, 0.15) is 0 Å². The molecule has 0 radical (unpaired) electrons. The summed E-state index contributed by atoms with van der Waals surface area (Å²) in [5.41, 5.74) is 3.30. The molecule has 8 heteroatoms. The summed E-state index contributed by atoms with van der Waals surface area (Å²) in [5.74, 6) is -1.04. The first-order valence-electron chi connectivity index (χ1n) is 12.9. The molecule has 0 spiro atoms. The number of rotatable bonds is 9. The molecule has 0 bridgehead atoms. The number of esters is 1. The SMILES string of the molecule is CCOC(=O)C1=C(C)N(Cc2ccc(C(=O)NCCN3CCCC3)cc2)C(=O)CC1c1cccc(Cl)c1. The Kier molecular flexibility index (Phi) is 9.00. The monoisotopic (exact) mass is 523 g/mol. The Hall–Kier alpha value is -3.16. The van der Waals surface area contributed by atoms with Crippen molar-refractivity contribution in [2.45, 2.75) is 45.6 Å². The van der Waals surface area contributed by atoms with Crippen LogP contribution in [0.3, 0.4) is 0 Å². The van der Waals surface area contributed by atoms with Gasteiger partial charge in [-0.05, 0) is 75.2 Å². The Morgan fingerprint density at radius 3 is 2.51 bits per heavy atom. The normalized spacial score (nSPS) is 18.3. The van der Waals surface area contributed by atoms with Crippen LogP contribution in [0.4, 0.5) is 0 Å². The third-order valence-corrected chi connectivity index (χ3v) is 7.27. The molecule has 7 nitrogen and oxygen atoms in total. The molecule has 196 valence electrons. The average molecular weight is 524 g/mol. The fourth-order valence-corrected chi connectivity index (χ4v) is 5.26. The minimum atomic E-state index is -0.427. The van der Waals surface area contributed by atoms with Gasteiger partial charge in [-0.25, -0.2) is 4.79 Å². The van der Waals surface area contributed by atoms with E-state index in [-0.39, 0.29) is 24.8 Å². The highest BCUT2D eigenvalue weighted by Gasteiger charge is 2.37. The first-order chi connectivity index (χ1) is 17.9. The van der Waals surface area contributed by atoms with Crippen LogP contribution in [-0.2, 0) is 20.9 Å². The molecule has 1 unspecified atom stereocenters. The van der Waals surface area contributed by atoms with E-state index in [1.165, 1.54) is 12.8 Å². The van der Waals surface area contributed by atoms with Gasteiger partial charge in [0.05, 0.1) is 18.7 Å². The first-order valence-corrected chi connectivity index (χ1v) is 13.3. The highest BCUT2D eigenvalue weighted by atomic mass is 35.5. The van der Waals surface area contributed by atoms with Crippen LogP contribution in [0.1, 0.15) is 60.5 Å². The Morgan fingerprint density at radius 2 is 1.84 bits per heavy atom. The van der Waals surface area contributed by atoms with Gasteiger partial charge in [-0.3, -0.25) is 9.59 Å². The van der Waals surface area contributed by atoms with E-state index in [9.17, 15) is 14.4 Å².